The van der Waals surface area contributed by atoms with Gasteiger partial charge in [-0.1, -0.05) is 0 Å². The van der Waals surface area contributed by atoms with E-state index in [2.05, 4.69) is 9.98 Å². The molecule has 0 unspecified atom stereocenters. The van der Waals surface area contributed by atoms with Gasteiger partial charge in [-0.3, -0.25) is 14.7 Å². The monoisotopic (exact) mass is 351 g/mol. The van der Waals surface area contributed by atoms with Crippen molar-refractivity contribution in [2.75, 3.05) is 0 Å². The number of hydrogen-bond donors (Lipinski definition) is 1. The Balaban J connectivity index is 2.05. The van der Waals surface area contributed by atoms with Gasteiger partial charge in [0.2, 0.25) is 0 Å². The van der Waals surface area contributed by atoms with Gasteiger partial charge in [-0.2, -0.15) is 5.26 Å². The molecule has 0 aliphatic heterocycles. The molecular weight excluding hydrogens is 341 g/mol. The standard InChI is InChI=1S/C17H10FN5O3/c18-12-1-3-13(4-2-12)22-10-21-15(8-19)17(22)20-9-11-7-14(23(25)26)5-6-16(11)24/h1-7,9-10,24H/b20-9+. The van der Waals surface area contributed by atoms with Crippen molar-refractivity contribution in [3.63, 3.8) is 0 Å². The number of phenolic OH excluding ortho intramolecular Hbond substituents is 1. The molecule has 9 heteroatoms. The summed E-state index contributed by atoms with van der Waals surface area (Å²) < 4.78 is 14.6. The van der Waals surface area contributed by atoms with E-state index < -0.39 is 10.7 Å². The number of halogens is 1. The zero-order chi connectivity index (χ0) is 18.7. The van der Waals surface area contributed by atoms with Gasteiger partial charge in [0.05, 0.1) is 4.92 Å². The number of benzene rings is 2. The third-order valence-corrected chi connectivity index (χ3v) is 3.50. The summed E-state index contributed by atoms with van der Waals surface area (Å²) >= 11 is 0. The predicted molar refractivity (Wildman–Crippen MR) is 90.3 cm³/mol. The molecule has 0 aliphatic rings. The fourth-order valence-electron chi connectivity index (χ4n) is 2.22. The van der Waals surface area contributed by atoms with Crippen LogP contribution in [0.2, 0.25) is 0 Å². The van der Waals surface area contributed by atoms with E-state index >= 15 is 0 Å². The lowest BCUT2D eigenvalue weighted by atomic mass is 10.2. The number of nitro groups is 1. The molecule has 0 saturated heterocycles. The van der Waals surface area contributed by atoms with Gasteiger partial charge in [-0.05, 0) is 30.3 Å². The molecule has 0 spiro atoms. The summed E-state index contributed by atoms with van der Waals surface area (Å²) in [5.41, 5.74) is 0.429. The number of hydrogen-bond acceptors (Lipinski definition) is 6. The molecule has 3 rings (SSSR count). The highest BCUT2D eigenvalue weighted by molar-refractivity contribution is 5.86. The van der Waals surface area contributed by atoms with Crippen LogP contribution >= 0.6 is 0 Å². The predicted octanol–water partition coefficient (Wildman–Crippen LogP) is 3.25. The van der Waals surface area contributed by atoms with Crippen molar-refractivity contribution in [1.82, 2.24) is 9.55 Å². The smallest absolute Gasteiger partial charge is 0.270 e. The normalized spacial score (nSPS) is 10.8. The van der Waals surface area contributed by atoms with Crippen LogP contribution < -0.4 is 0 Å². The van der Waals surface area contributed by atoms with Crippen molar-refractivity contribution in [1.29, 1.82) is 5.26 Å². The number of rotatable bonds is 4. The Morgan fingerprint density at radius 1 is 1.31 bits per heavy atom. The molecule has 0 bridgehead atoms. The van der Waals surface area contributed by atoms with Crippen LogP contribution in [0.1, 0.15) is 11.3 Å². The van der Waals surface area contributed by atoms with Gasteiger partial charge in [0.1, 0.15) is 24.0 Å². The zero-order valence-corrected chi connectivity index (χ0v) is 13.1. The van der Waals surface area contributed by atoms with Crippen LogP contribution in [-0.2, 0) is 0 Å². The summed E-state index contributed by atoms with van der Waals surface area (Å²) in [5.74, 6) is -0.475. The summed E-state index contributed by atoms with van der Waals surface area (Å²) in [6, 6.07) is 10.9. The summed E-state index contributed by atoms with van der Waals surface area (Å²) in [6.45, 7) is 0. The van der Waals surface area contributed by atoms with Crippen LogP contribution in [0.15, 0.2) is 53.8 Å². The third-order valence-electron chi connectivity index (χ3n) is 3.50. The van der Waals surface area contributed by atoms with E-state index in [1.807, 2.05) is 6.07 Å². The first-order chi connectivity index (χ1) is 12.5. The second kappa shape index (κ2) is 6.82. The minimum Gasteiger partial charge on any atom is -0.507 e. The Labute approximate surface area is 146 Å². The highest BCUT2D eigenvalue weighted by Crippen LogP contribution is 2.25. The molecular formula is C17H10FN5O3. The van der Waals surface area contributed by atoms with E-state index in [0.29, 0.717) is 5.69 Å². The van der Waals surface area contributed by atoms with Crippen molar-refractivity contribution >= 4 is 17.7 Å². The Kier molecular flexibility index (Phi) is 4.40. The molecule has 128 valence electrons. The number of aliphatic imine (C=N–C) groups is 1. The van der Waals surface area contributed by atoms with Gasteiger partial charge >= 0.3 is 0 Å². The number of nitrogens with zero attached hydrogens (tertiary/aromatic N) is 5. The van der Waals surface area contributed by atoms with Crippen molar-refractivity contribution in [2.45, 2.75) is 0 Å². The molecule has 1 aromatic heterocycles. The van der Waals surface area contributed by atoms with Gasteiger partial charge < -0.3 is 5.11 Å². The van der Waals surface area contributed by atoms with Gasteiger partial charge in [-0.15, -0.1) is 0 Å². The molecule has 0 saturated carbocycles. The van der Waals surface area contributed by atoms with Gasteiger partial charge in [-0.25, -0.2) is 14.4 Å². The number of nitriles is 1. The Morgan fingerprint density at radius 3 is 2.69 bits per heavy atom. The molecule has 1 heterocycles. The number of aromatic hydroxyl groups is 1. The van der Waals surface area contributed by atoms with Gasteiger partial charge in [0.15, 0.2) is 11.5 Å². The molecule has 0 aliphatic carbocycles. The topological polar surface area (TPSA) is 117 Å². The van der Waals surface area contributed by atoms with Crippen LogP contribution in [0.3, 0.4) is 0 Å². The molecule has 2 aromatic carbocycles. The van der Waals surface area contributed by atoms with Crippen LogP contribution in [-0.4, -0.2) is 25.8 Å². The lowest BCUT2D eigenvalue weighted by Crippen LogP contribution is -1.94. The van der Waals surface area contributed by atoms with E-state index in [0.717, 1.165) is 12.1 Å². The molecule has 0 amide bonds. The molecule has 0 fully saturated rings. The van der Waals surface area contributed by atoms with Crippen molar-refractivity contribution in [3.05, 3.63) is 76.0 Å². The van der Waals surface area contributed by atoms with Gasteiger partial charge in [0, 0.05) is 29.6 Å². The number of phenols is 1. The summed E-state index contributed by atoms with van der Waals surface area (Å²) in [6.07, 6.45) is 2.55. The quantitative estimate of drug-likeness (QED) is 0.440. The number of aromatic nitrogens is 2. The van der Waals surface area contributed by atoms with E-state index in [1.165, 1.54) is 47.4 Å². The molecule has 8 nitrogen and oxygen atoms in total. The lowest BCUT2D eigenvalue weighted by Gasteiger charge is -2.05. The Hall–Kier alpha value is -4.06. The van der Waals surface area contributed by atoms with Gasteiger partial charge in [0.25, 0.3) is 5.69 Å². The first-order valence-electron chi connectivity index (χ1n) is 7.24. The van der Waals surface area contributed by atoms with Crippen molar-refractivity contribution in [3.8, 4) is 17.5 Å². The first kappa shape index (κ1) is 16.8. The number of non-ortho nitro benzene ring substituents is 1. The van der Waals surface area contributed by atoms with E-state index in [-0.39, 0.29) is 28.5 Å². The van der Waals surface area contributed by atoms with Crippen LogP contribution in [0.5, 0.6) is 5.75 Å². The zero-order valence-electron chi connectivity index (χ0n) is 13.1. The fraction of sp³-hybridized carbons (Fsp3) is 0. The SMILES string of the molecule is N#Cc1ncn(-c2ccc(F)cc2)c1/N=C/c1cc([N+](=O)[O-])ccc1O. The maximum Gasteiger partial charge on any atom is 0.270 e. The largest absolute Gasteiger partial charge is 0.507 e. The highest BCUT2D eigenvalue weighted by Gasteiger charge is 2.13. The van der Waals surface area contributed by atoms with E-state index in [9.17, 15) is 24.9 Å². The van der Waals surface area contributed by atoms with Crippen LogP contribution in [0, 0.1) is 27.3 Å². The molecule has 0 radical (unpaired) electrons. The first-order valence-corrected chi connectivity index (χ1v) is 7.24. The summed E-state index contributed by atoms with van der Waals surface area (Å²) in [5, 5.41) is 29.9. The maximum absolute atomic E-state index is 13.1. The average Bonchev–Trinajstić information content (AvgIpc) is 3.04. The summed E-state index contributed by atoms with van der Waals surface area (Å²) in [4.78, 5) is 18.3. The minimum atomic E-state index is -0.597. The minimum absolute atomic E-state index is 0.00972. The Bertz CT molecular complexity index is 1050. The second-order valence-electron chi connectivity index (χ2n) is 5.13. The highest BCUT2D eigenvalue weighted by atomic mass is 19.1. The summed E-state index contributed by atoms with van der Waals surface area (Å²) in [7, 11) is 0. The average molecular weight is 351 g/mol. The van der Waals surface area contributed by atoms with E-state index in [4.69, 9.17) is 0 Å². The fourth-order valence-corrected chi connectivity index (χ4v) is 2.22. The second-order valence-corrected chi connectivity index (χ2v) is 5.13. The molecule has 0 atom stereocenters. The van der Waals surface area contributed by atoms with Crippen molar-refractivity contribution in [2.24, 2.45) is 4.99 Å². The number of imidazole rings is 1. The molecule has 26 heavy (non-hydrogen) atoms. The lowest BCUT2D eigenvalue weighted by molar-refractivity contribution is -0.384. The number of nitro benzene ring substituents is 1. The third kappa shape index (κ3) is 3.25. The maximum atomic E-state index is 13.1. The van der Waals surface area contributed by atoms with E-state index in [1.54, 1.807) is 0 Å². The molecule has 1 N–H and O–H groups in total. The molecule has 3 aromatic rings. The Morgan fingerprint density at radius 2 is 2.04 bits per heavy atom. The van der Waals surface area contributed by atoms with Crippen LogP contribution in [0.25, 0.3) is 5.69 Å². The van der Waals surface area contributed by atoms with Crippen molar-refractivity contribution < 1.29 is 14.4 Å². The van der Waals surface area contributed by atoms with Crippen LogP contribution in [0.4, 0.5) is 15.9 Å².